The molecular weight excluding hydrogens is 254 g/mol. The maximum Gasteiger partial charge on any atom is 0.0483 e. The van der Waals surface area contributed by atoms with Gasteiger partial charge in [0.05, 0.1) is 0 Å². The Labute approximate surface area is 124 Å². The Morgan fingerprint density at radius 2 is 1.67 bits per heavy atom. The van der Waals surface area contributed by atoms with Crippen LogP contribution in [0, 0.1) is 6.92 Å². The summed E-state index contributed by atoms with van der Waals surface area (Å²) in [7, 11) is 0. The van der Waals surface area contributed by atoms with E-state index in [4.69, 9.17) is 0 Å². The first-order chi connectivity index (χ1) is 10.3. The maximum absolute atomic E-state index is 2.33. The molecule has 1 nitrogen and oxygen atoms in total. The topological polar surface area (TPSA) is 4.93 Å². The van der Waals surface area contributed by atoms with Gasteiger partial charge in [0, 0.05) is 18.3 Å². The predicted octanol–water partition coefficient (Wildman–Crippen LogP) is 5.15. The van der Waals surface area contributed by atoms with Crippen molar-refractivity contribution < 1.29 is 0 Å². The van der Waals surface area contributed by atoms with Gasteiger partial charge in [0.15, 0.2) is 0 Å². The average molecular weight is 271 g/mol. The van der Waals surface area contributed by atoms with Crippen molar-refractivity contribution in [2.75, 3.05) is 0 Å². The van der Waals surface area contributed by atoms with Crippen LogP contribution >= 0.6 is 0 Å². The van der Waals surface area contributed by atoms with Crippen LogP contribution in [0.3, 0.4) is 0 Å². The second kappa shape index (κ2) is 4.78. The van der Waals surface area contributed by atoms with E-state index in [-0.39, 0.29) is 0 Å². The molecule has 0 N–H and O–H groups in total. The summed E-state index contributed by atoms with van der Waals surface area (Å²) in [5, 5.41) is 3.96. The summed E-state index contributed by atoms with van der Waals surface area (Å²) in [6.07, 6.45) is 2.19. The number of aryl methyl sites for hydroxylation is 1. The third kappa shape index (κ3) is 2.11. The molecule has 0 radical (unpaired) electrons. The monoisotopic (exact) mass is 271 g/mol. The highest BCUT2D eigenvalue weighted by atomic mass is 14.9. The van der Waals surface area contributed by atoms with E-state index in [9.17, 15) is 0 Å². The van der Waals surface area contributed by atoms with Crippen LogP contribution in [0.4, 0.5) is 0 Å². The molecule has 1 heterocycles. The molecule has 0 atom stereocenters. The van der Waals surface area contributed by atoms with Gasteiger partial charge in [0.2, 0.25) is 0 Å². The SMILES string of the molecule is Cc1ccc2c(ccn2Cc2cccc3ccccc23)c1. The van der Waals surface area contributed by atoms with Crippen molar-refractivity contribution in [1.29, 1.82) is 0 Å². The van der Waals surface area contributed by atoms with Crippen LogP contribution in [-0.4, -0.2) is 4.57 Å². The smallest absolute Gasteiger partial charge is 0.0483 e. The van der Waals surface area contributed by atoms with Gasteiger partial charge >= 0.3 is 0 Å². The van der Waals surface area contributed by atoms with E-state index in [2.05, 4.69) is 84.4 Å². The Kier molecular flexibility index (Phi) is 2.78. The molecule has 0 aliphatic carbocycles. The zero-order valence-corrected chi connectivity index (χ0v) is 12.1. The fourth-order valence-electron chi connectivity index (χ4n) is 3.07. The van der Waals surface area contributed by atoms with Crippen molar-refractivity contribution in [1.82, 2.24) is 4.57 Å². The lowest BCUT2D eigenvalue weighted by atomic mass is 10.0. The average Bonchev–Trinajstić information content (AvgIpc) is 2.90. The normalized spacial score (nSPS) is 11.3. The van der Waals surface area contributed by atoms with Crippen molar-refractivity contribution in [3.63, 3.8) is 0 Å². The molecule has 0 aliphatic heterocycles. The van der Waals surface area contributed by atoms with Crippen LogP contribution in [0.5, 0.6) is 0 Å². The lowest BCUT2D eigenvalue weighted by Crippen LogP contribution is -1.98. The molecule has 4 rings (SSSR count). The van der Waals surface area contributed by atoms with E-state index in [0.29, 0.717) is 0 Å². The van der Waals surface area contributed by atoms with Crippen LogP contribution in [0.2, 0.25) is 0 Å². The van der Waals surface area contributed by atoms with E-state index in [0.717, 1.165) is 6.54 Å². The minimum Gasteiger partial charge on any atom is -0.343 e. The van der Waals surface area contributed by atoms with Gasteiger partial charge in [-0.3, -0.25) is 0 Å². The van der Waals surface area contributed by atoms with Crippen LogP contribution in [0.15, 0.2) is 72.9 Å². The van der Waals surface area contributed by atoms with Gasteiger partial charge in [0.25, 0.3) is 0 Å². The van der Waals surface area contributed by atoms with E-state index in [1.54, 1.807) is 0 Å². The second-order valence-corrected chi connectivity index (χ2v) is 5.64. The molecule has 0 saturated heterocycles. The zero-order valence-electron chi connectivity index (χ0n) is 12.1. The number of nitrogens with zero attached hydrogens (tertiary/aromatic N) is 1. The summed E-state index contributed by atoms with van der Waals surface area (Å²) >= 11 is 0. The first-order valence-corrected chi connectivity index (χ1v) is 7.33. The third-order valence-electron chi connectivity index (χ3n) is 4.15. The highest BCUT2D eigenvalue weighted by molar-refractivity contribution is 5.86. The minimum absolute atomic E-state index is 0.911. The van der Waals surface area contributed by atoms with E-state index in [1.165, 1.54) is 32.8 Å². The number of aromatic nitrogens is 1. The zero-order chi connectivity index (χ0) is 14.2. The van der Waals surface area contributed by atoms with Gasteiger partial charge in [-0.1, -0.05) is 54.1 Å². The Bertz CT molecular complexity index is 926. The van der Waals surface area contributed by atoms with Gasteiger partial charge in [-0.25, -0.2) is 0 Å². The Morgan fingerprint density at radius 3 is 2.62 bits per heavy atom. The molecular formula is C20H17N. The molecule has 0 spiro atoms. The van der Waals surface area contributed by atoms with Gasteiger partial charge in [-0.15, -0.1) is 0 Å². The van der Waals surface area contributed by atoms with Crippen molar-refractivity contribution in [3.8, 4) is 0 Å². The lowest BCUT2D eigenvalue weighted by molar-refractivity contribution is 0.843. The molecule has 0 aliphatic rings. The van der Waals surface area contributed by atoms with Crippen LogP contribution in [0.25, 0.3) is 21.7 Å². The third-order valence-corrected chi connectivity index (χ3v) is 4.15. The fourth-order valence-corrected chi connectivity index (χ4v) is 3.07. The predicted molar refractivity (Wildman–Crippen MR) is 89.7 cm³/mol. The maximum atomic E-state index is 2.33. The molecule has 1 heteroatoms. The lowest BCUT2D eigenvalue weighted by Gasteiger charge is -2.09. The minimum atomic E-state index is 0.911. The molecule has 4 aromatic rings. The number of hydrogen-bond donors (Lipinski definition) is 0. The van der Waals surface area contributed by atoms with Crippen LogP contribution < -0.4 is 0 Å². The van der Waals surface area contributed by atoms with Crippen molar-refractivity contribution in [2.24, 2.45) is 0 Å². The molecule has 0 fully saturated rings. The summed E-state index contributed by atoms with van der Waals surface area (Å²) in [5.41, 5.74) is 3.98. The standard InChI is InChI=1S/C20H17N/c1-15-9-10-20-17(13-15)11-12-21(20)14-18-7-4-6-16-5-2-3-8-19(16)18/h2-13H,14H2,1H3. The molecule has 0 amide bonds. The highest BCUT2D eigenvalue weighted by Gasteiger charge is 2.04. The number of benzene rings is 3. The first kappa shape index (κ1) is 12.2. The Hall–Kier alpha value is -2.54. The van der Waals surface area contributed by atoms with Crippen LogP contribution in [-0.2, 0) is 6.54 Å². The van der Waals surface area contributed by atoms with Crippen LogP contribution in [0.1, 0.15) is 11.1 Å². The summed E-state index contributed by atoms with van der Waals surface area (Å²) in [4.78, 5) is 0. The first-order valence-electron chi connectivity index (χ1n) is 7.33. The summed E-state index contributed by atoms with van der Waals surface area (Å²) in [6, 6.07) is 24.0. The number of fused-ring (bicyclic) bond motifs is 2. The fraction of sp³-hybridized carbons (Fsp3) is 0.100. The second-order valence-electron chi connectivity index (χ2n) is 5.64. The van der Waals surface area contributed by atoms with E-state index >= 15 is 0 Å². The molecule has 0 saturated carbocycles. The van der Waals surface area contributed by atoms with E-state index < -0.39 is 0 Å². The summed E-state index contributed by atoms with van der Waals surface area (Å²) in [5.74, 6) is 0. The van der Waals surface area contributed by atoms with Gasteiger partial charge in [0.1, 0.15) is 0 Å². The number of rotatable bonds is 2. The molecule has 0 unspecified atom stereocenters. The highest BCUT2D eigenvalue weighted by Crippen LogP contribution is 2.23. The quantitative estimate of drug-likeness (QED) is 0.475. The molecule has 1 aromatic heterocycles. The van der Waals surface area contributed by atoms with Gasteiger partial charge in [-0.05, 0) is 46.8 Å². The van der Waals surface area contributed by atoms with Crippen molar-refractivity contribution >= 4 is 21.7 Å². The molecule has 102 valence electrons. The van der Waals surface area contributed by atoms with Crippen molar-refractivity contribution in [2.45, 2.75) is 13.5 Å². The van der Waals surface area contributed by atoms with E-state index in [1.807, 2.05) is 0 Å². The largest absolute Gasteiger partial charge is 0.343 e. The molecule has 21 heavy (non-hydrogen) atoms. The number of hydrogen-bond acceptors (Lipinski definition) is 0. The Balaban J connectivity index is 1.83. The molecule has 3 aromatic carbocycles. The van der Waals surface area contributed by atoms with Crippen molar-refractivity contribution in [3.05, 3.63) is 84.1 Å². The van der Waals surface area contributed by atoms with Gasteiger partial charge in [-0.2, -0.15) is 0 Å². The summed E-state index contributed by atoms with van der Waals surface area (Å²) < 4.78 is 2.33. The summed E-state index contributed by atoms with van der Waals surface area (Å²) in [6.45, 7) is 3.05. The molecule has 0 bridgehead atoms. The van der Waals surface area contributed by atoms with Gasteiger partial charge < -0.3 is 4.57 Å². The Morgan fingerprint density at radius 1 is 0.810 bits per heavy atom.